The molecule has 1 aromatic carbocycles. The van der Waals surface area contributed by atoms with Crippen LogP contribution in [0, 0.1) is 0 Å². The van der Waals surface area contributed by atoms with Crippen molar-refractivity contribution in [3.8, 4) is 0 Å². The number of halogens is 3. The van der Waals surface area contributed by atoms with Gasteiger partial charge in [0.1, 0.15) is 0 Å². The molecule has 0 aromatic heterocycles. The molecular formula is C7H4Cl3O. The third-order valence-corrected chi connectivity index (χ3v) is 1.92. The Morgan fingerprint density at radius 3 is 2.09 bits per heavy atom. The van der Waals surface area contributed by atoms with Crippen molar-refractivity contribution in [1.29, 1.82) is 0 Å². The van der Waals surface area contributed by atoms with Gasteiger partial charge < -0.3 is 0 Å². The first-order valence-electron chi connectivity index (χ1n) is 2.85. The third kappa shape index (κ3) is 2.24. The van der Waals surface area contributed by atoms with Gasteiger partial charge in [-0.25, -0.2) is 0 Å². The number of rotatable bonds is 1. The van der Waals surface area contributed by atoms with E-state index in [1.165, 1.54) is 6.07 Å². The molecule has 59 valence electrons. The van der Waals surface area contributed by atoms with Gasteiger partial charge >= 0.3 is 0 Å². The Bertz CT molecular complexity index is 254. The summed E-state index contributed by atoms with van der Waals surface area (Å²) in [5.41, 5.74) is 0.185. The van der Waals surface area contributed by atoms with E-state index in [-0.39, 0.29) is 10.6 Å². The van der Waals surface area contributed by atoms with E-state index in [4.69, 9.17) is 34.8 Å². The smallest absolute Gasteiger partial charge is 0.188 e. The van der Waals surface area contributed by atoms with Crippen LogP contribution in [-0.2, 0) is 9.63 Å². The Morgan fingerprint density at radius 1 is 1.18 bits per heavy atom. The lowest BCUT2D eigenvalue weighted by Crippen LogP contribution is -2.06. The van der Waals surface area contributed by atoms with Gasteiger partial charge in [-0.2, -0.15) is 5.11 Å². The topological polar surface area (TPSA) is 19.9 Å². The highest BCUT2D eigenvalue weighted by Crippen LogP contribution is 2.35. The number of benzene rings is 1. The summed E-state index contributed by atoms with van der Waals surface area (Å²) in [6.07, 6.45) is 0. The van der Waals surface area contributed by atoms with Crippen LogP contribution in [-0.4, -0.2) is 0 Å². The maximum Gasteiger partial charge on any atom is 0.277 e. The SMILES string of the molecule is [O]C(Cl)(Cl)c1ccccc1Cl. The van der Waals surface area contributed by atoms with Gasteiger partial charge in [0, 0.05) is 10.6 Å². The molecule has 0 bridgehead atoms. The summed E-state index contributed by atoms with van der Waals surface area (Å²) in [4.78, 5) is 0. The molecule has 4 heteroatoms. The highest BCUT2D eigenvalue weighted by molar-refractivity contribution is 6.47. The van der Waals surface area contributed by atoms with E-state index >= 15 is 0 Å². The molecular weight excluding hydrogens is 206 g/mol. The van der Waals surface area contributed by atoms with Gasteiger partial charge in [0.25, 0.3) is 4.52 Å². The van der Waals surface area contributed by atoms with Gasteiger partial charge in [-0.1, -0.05) is 53.0 Å². The fourth-order valence-electron chi connectivity index (χ4n) is 0.697. The zero-order valence-corrected chi connectivity index (χ0v) is 7.62. The van der Waals surface area contributed by atoms with Crippen LogP contribution < -0.4 is 0 Å². The lowest BCUT2D eigenvalue weighted by molar-refractivity contribution is 0.121. The van der Waals surface area contributed by atoms with Crippen LogP contribution in [0.2, 0.25) is 5.02 Å². The zero-order chi connectivity index (χ0) is 8.48. The molecule has 0 atom stereocenters. The van der Waals surface area contributed by atoms with Gasteiger partial charge in [-0.15, -0.1) is 0 Å². The molecule has 0 fully saturated rings. The summed E-state index contributed by atoms with van der Waals surface area (Å²) in [5, 5.41) is 11.3. The van der Waals surface area contributed by atoms with Gasteiger partial charge in [0.15, 0.2) is 0 Å². The van der Waals surface area contributed by atoms with Gasteiger partial charge in [-0.05, 0) is 6.07 Å². The monoisotopic (exact) mass is 209 g/mol. The Kier molecular flexibility index (Phi) is 2.66. The fourth-order valence-corrected chi connectivity index (χ4v) is 1.39. The van der Waals surface area contributed by atoms with Crippen molar-refractivity contribution in [2.45, 2.75) is 4.52 Å². The molecule has 0 aliphatic rings. The van der Waals surface area contributed by atoms with Crippen LogP contribution in [0.1, 0.15) is 5.56 Å². The predicted octanol–water partition coefficient (Wildman–Crippen LogP) is 3.36. The van der Waals surface area contributed by atoms with E-state index in [0.29, 0.717) is 0 Å². The average Bonchev–Trinajstić information content (AvgIpc) is 1.86. The van der Waals surface area contributed by atoms with E-state index < -0.39 is 4.52 Å². The van der Waals surface area contributed by atoms with Crippen LogP contribution in [0.3, 0.4) is 0 Å². The minimum atomic E-state index is -2.15. The molecule has 0 unspecified atom stereocenters. The second-order valence-corrected chi connectivity index (χ2v) is 3.66. The molecule has 0 aliphatic heterocycles. The number of alkyl halides is 2. The zero-order valence-electron chi connectivity index (χ0n) is 5.35. The number of hydrogen-bond acceptors (Lipinski definition) is 0. The molecule has 0 N–H and O–H groups in total. The van der Waals surface area contributed by atoms with Crippen molar-refractivity contribution in [3.63, 3.8) is 0 Å². The molecule has 1 radical (unpaired) electrons. The van der Waals surface area contributed by atoms with Crippen molar-refractivity contribution in [2.75, 3.05) is 0 Å². The minimum absolute atomic E-state index is 0.185. The number of hydrogen-bond donors (Lipinski definition) is 0. The van der Waals surface area contributed by atoms with Crippen molar-refractivity contribution >= 4 is 34.8 Å². The Morgan fingerprint density at radius 2 is 1.73 bits per heavy atom. The molecule has 0 heterocycles. The van der Waals surface area contributed by atoms with Crippen LogP contribution >= 0.6 is 34.8 Å². The third-order valence-electron chi connectivity index (χ3n) is 1.19. The fraction of sp³-hybridized carbons (Fsp3) is 0.143. The first-order chi connectivity index (χ1) is 5.02. The maximum atomic E-state index is 11.0. The van der Waals surface area contributed by atoms with Crippen molar-refractivity contribution in [2.24, 2.45) is 0 Å². The van der Waals surface area contributed by atoms with Crippen LogP contribution in [0.15, 0.2) is 24.3 Å². The molecule has 1 nitrogen and oxygen atoms in total. The van der Waals surface area contributed by atoms with E-state index in [1.807, 2.05) is 0 Å². The summed E-state index contributed by atoms with van der Waals surface area (Å²) in [6, 6.07) is 6.41. The first-order valence-corrected chi connectivity index (χ1v) is 3.98. The first kappa shape index (κ1) is 9.14. The summed E-state index contributed by atoms with van der Waals surface area (Å²) in [7, 11) is 0. The highest BCUT2D eigenvalue weighted by Gasteiger charge is 2.26. The average molecular weight is 210 g/mol. The van der Waals surface area contributed by atoms with Crippen molar-refractivity contribution in [1.82, 2.24) is 0 Å². The summed E-state index contributed by atoms with van der Waals surface area (Å²) < 4.78 is -2.15. The summed E-state index contributed by atoms with van der Waals surface area (Å²) >= 11 is 16.2. The van der Waals surface area contributed by atoms with Crippen LogP contribution in [0.4, 0.5) is 0 Å². The van der Waals surface area contributed by atoms with Crippen molar-refractivity contribution in [3.05, 3.63) is 34.9 Å². The normalized spacial score (nSPS) is 11.6. The standard InChI is InChI=1S/C7H4Cl3O/c8-6-4-2-1-3-5(6)7(9,10)11/h1-4H. The van der Waals surface area contributed by atoms with Crippen LogP contribution in [0.25, 0.3) is 0 Å². The van der Waals surface area contributed by atoms with E-state index in [2.05, 4.69) is 0 Å². The van der Waals surface area contributed by atoms with E-state index in [1.54, 1.807) is 18.2 Å². The van der Waals surface area contributed by atoms with E-state index in [9.17, 15) is 5.11 Å². The molecule has 0 saturated carbocycles. The molecule has 1 aromatic rings. The van der Waals surface area contributed by atoms with E-state index in [0.717, 1.165) is 0 Å². The molecule has 0 aliphatic carbocycles. The Hall–Kier alpha value is 0.0500. The quantitative estimate of drug-likeness (QED) is 0.634. The second kappa shape index (κ2) is 3.20. The van der Waals surface area contributed by atoms with Crippen LogP contribution in [0.5, 0.6) is 0 Å². The maximum absolute atomic E-state index is 11.0. The predicted molar refractivity (Wildman–Crippen MR) is 45.5 cm³/mol. The molecule has 0 amide bonds. The molecule has 0 saturated heterocycles. The lowest BCUT2D eigenvalue weighted by atomic mass is 10.2. The lowest BCUT2D eigenvalue weighted by Gasteiger charge is -2.10. The molecule has 11 heavy (non-hydrogen) atoms. The van der Waals surface area contributed by atoms with Crippen molar-refractivity contribution < 1.29 is 5.11 Å². The molecule has 0 spiro atoms. The van der Waals surface area contributed by atoms with Gasteiger partial charge in [0.2, 0.25) is 0 Å². The van der Waals surface area contributed by atoms with Gasteiger partial charge in [-0.3, -0.25) is 0 Å². The second-order valence-electron chi connectivity index (χ2n) is 2.00. The van der Waals surface area contributed by atoms with Gasteiger partial charge in [0.05, 0.1) is 0 Å². The summed E-state index contributed by atoms with van der Waals surface area (Å²) in [6.45, 7) is 0. The highest BCUT2D eigenvalue weighted by atomic mass is 35.5. The Balaban J connectivity index is 3.14. The minimum Gasteiger partial charge on any atom is -0.188 e. The summed E-state index contributed by atoms with van der Waals surface area (Å²) in [5.74, 6) is 0. The molecule has 1 rings (SSSR count). The Labute approximate surface area is 79.5 Å². The largest absolute Gasteiger partial charge is 0.277 e.